The van der Waals surface area contributed by atoms with Gasteiger partial charge in [-0.2, -0.15) is 5.10 Å². The molecule has 0 aliphatic carbocycles. The van der Waals surface area contributed by atoms with Crippen LogP contribution in [0.15, 0.2) is 54.7 Å². The van der Waals surface area contributed by atoms with Gasteiger partial charge in [-0.15, -0.1) is 11.3 Å². The first-order valence-electron chi connectivity index (χ1n) is 9.02. The Balaban J connectivity index is 1.59. The van der Waals surface area contributed by atoms with Gasteiger partial charge < -0.3 is 4.74 Å². The average molecular weight is 381 g/mol. The Labute approximate surface area is 159 Å². The molecule has 0 spiro atoms. The van der Waals surface area contributed by atoms with Crippen LogP contribution in [0.4, 0.5) is 0 Å². The van der Waals surface area contributed by atoms with E-state index in [9.17, 15) is 0 Å². The first-order chi connectivity index (χ1) is 12.5. The molecule has 4 aromatic rings. The van der Waals surface area contributed by atoms with Crippen LogP contribution in [0.5, 0.6) is 0 Å². The van der Waals surface area contributed by atoms with E-state index in [0.717, 1.165) is 17.5 Å². The highest BCUT2D eigenvalue weighted by molar-refractivity contribution is 7.22. The van der Waals surface area contributed by atoms with Crippen molar-refractivity contribution in [1.29, 1.82) is 0 Å². The lowest BCUT2D eigenvalue weighted by atomic mass is 10.1. The summed E-state index contributed by atoms with van der Waals surface area (Å²) in [5, 5.41) is 7.25. The van der Waals surface area contributed by atoms with E-state index >= 15 is 0 Å². The molecule has 0 radical (unpaired) electrons. The maximum atomic E-state index is 5.86. The maximum Gasteiger partial charge on any atom is 0.139 e. The zero-order chi connectivity index (χ0) is 18.1. The number of aromatic nitrogens is 2. The van der Waals surface area contributed by atoms with Crippen molar-refractivity contribution in [2.45, 2.75) is 32.4 Å². The monoisotopic (exact) mass is 380 g/mol. The lowest BCUT2D eigenvalue weighted by Crippen LogP contribution is -2.22. The van der Waals surface area contributed by atoms with E-state index in [4.69, 9.17) is 9.84 Å². The van der Waals surface area contributed by atoms with E-state index in [1.165, 1.54) is 26.6 Å². The zero-order valence-electron chi connectivity index (χ0n) is 15.5. The Morgan fingerprint density at radius 1 is 1.04 bits per heavy atom. The minimum absolute atomic E-state index is 0.519. The van der Waals surface area contributed by atoms with Gasteiger partial charge in [0.15, 0.2) is 0 Å². The van der Waals surface area contributed by atoms with Crippen molar-refractivity contribution in [2.75, 3.05) is 6.61 Å². The van der Waals surface area contributed by atoms with Gasteiger partial charge in [-0.25, -0.2) is 4.68 Å². The summed E-state index contributed by atoms with van der Waals surface area (Å²) in [6, 6.07) is 18.4. The smallest absolute Gasteiger partial charge is 0.139 e. The Morgan fingerprint density at radius 2 is 1.85 bits per heavy atom. The molecule has 0 atom stereocenters. The molecule has 0 N–H and O–H groups in total. The van der Waals surface area contributed by atoms with Crippen molar-refractivity contribution in [1.82, 2.24) is 9.78 Å². The van der Waals surface area contributed by atoms with Crippen molar-refractivity contribution in [2.24, 2.45) is 0 Å². The molecule has 134 valence electrons. The molecule has 0 aliphatic rings. The van der Waals surface area contributed by atoms with E-state index < -0.39 is 8.07 Å². The molecule has 0 unspecified atom stereocenters. The fourth-order valence-electron chi connectivity index (χ4n) is 3.01. The maximum absolute atomic E-state index is 5.86. The van der Waals surface area contributed by atoms with Crippen LogP contribution in [0.2, 0.25) is 25.7 Å². The van der Waals surface area contributed by atoms with Gasteiger partial charge in [0.05, 0.1) is 0 Å². The van der Waals surface area contributed by atoms with Crippen LogP contribution in [0.1, 0.15) is 0 Å². The highest BCUT2D eigenvalue weighted by atomic mass is 32.1. The van der Waals surface area contributed by atoms with Crippen molar-refractivity contribution in [3.05, 3.63) is 54.7 Å². The van der Waals surface area contributed by atoms with Crippen molar-refractivity contribution >= 4 is 40.4 Å². The quantitative estimate of drug-likeness (QED) is 0.293. The van der Waals surface area contributed by atoms with Gasteiger partial charge in [-0.3, -0.25) is 0 Å². The zero-order valence-corrected chi connectivity index (χ0v) is 17.3. The first-order valence-corrected chi connectivity index (χ1v) is 13.5. The lowest BCUT2D eigenvalue weighted by Gasteiger charge is -2.15. The summed E-state index contributed by atoms with van der Waals surface area (Å²) in [5.74, 6) is 0. The van der Waals surface area contributed by atoms with Crippen LogP contribution in [0.25, 0.3) is 31.4 Å². The molecule has 0 bridgehead atoms. The molecular weight excluding hydrogens is 356 g/mol. The van der Waals surface area contributed by atoms with Gasteiger partial charge in [0.25, 0.3) is 0 Å². The number of ether oxygens (including phenoxy) is 1. The molecule has 0 amide bonds. The molecule has 26 heavy (non-hydrogen) atoms. The second-order valence-corrected chi connectivity index (χ2v) is 14.6. The molecule has 4 rings (SSSR count). The Morgan fingerprint density at radius 3 is 2.65 bits per heavy atom. The predicted octanol–water partition coefficient (Wildman–Crippen LogP) is 6.23. The highest BCUT2D eigenvalue weighted by Gasteiger charge is 2.13. The number of hydrogen-bond acceptors (Lipinski definition) is 3. The number of rotatable bonds is 6. The van der Waals surface area contributed by atoms with Gasteiger partial charge in [-0.05, 0) is 23.6 Å². The van der Waals surface area contributed by atoms with Crippen molar-refractivity contribution < 1.29 is 4.74 Å². The second kappa shape index (κ2) is 6.99. The van der Waals surface area contributed by atoms with Crippen LogP contribution in [-0.4, -0.2) is 24.5 Å². The van der Waals surface area contributed by atoms with Crippen LogP contribution in [-0.2, 0) is 11.5 Å². The summed E-state index contributed by atoms with van der Waals surface area (Å²) in [6.07, 6.45) is 2.08. The van der Waals surface area contributed by atoms with Crippen LogP contribution >= 0.6 is 11.3 Å². The number of fused-ring (bicyclic) bond motifs is 2. The molecule has 3 nitrogen and oxygen atoms in total. The first kappa shape index (κ1) is 17.5. The van der Waals surface area contributed by atoms with Crippen molar-refractivity contribution in [3.63, 3.8) is 0 Å². The second-order valence-electron chi connectivity index (χ2n) is 7.91. The third kappa shape index (κ3) is 3.75. The largest absolute Gasteiger partial charge is 0.360 e. The molecular formula is C21H24N2OSSi. The summed E-state index contributed by atoms with van der Waals surface area (Å²) in [5.41, 5.74) is 2.25. The topological polar surface area (TPSA) is 27.1 Å². The fourth-order valence-corrected chi connectivity index (χ4v) is 4.86. The number of thiophene rings is 1. The van der Waals surface area contributed by atoms with E-state index in [0.29, 0.717) is 6.73 Å². The summed E-state index contributed by atoms with van der Waals surface area (Å²) in [6.45, 7) is 8.45. The number of nitrogens with zero attached hydrogens (tertiary/aromatic N) is 2. The molecule has 0 saturated heterocycles. The molecule has 0 saturated carbocycles. The molecule has 5 heteroatoms. The van der Waals surface area contributed by atoms with Gasteiger partial charge >= 0.3 is 0 Å². The highest BCUT2D eigenvalue weighted by Crippen LogP contribution is 2.36. The van der Waals surface area contributed by atoms with Crippen LogP contribution in [0.3, 0.4) is 0 Å². The van der Waals surface area contributed by atoms with Crippen LogP contribution in [0, 0.1) is 0 Å². The minimum atomic E-state index is -1.05. The van der Waals surface area contributed by atoms with Gasteiger partial charge in [0, 0.05) is 41.4 Å². The molecule has 2 aromatic carbocycles. The third-order valence-electron chi connectivity index (χ3n) is 4.49. The lowest BCUT2D eigenvalue weighted by molar-refractivity contribution is 0.0791. The SMILES string of the molecule is C[Si](C)(C)CCOCn1cc2cccc(-c3cc4ccccc4s3)c2n1. The van der Waals surface area contributed by atoms with Gasteiger partial charge in [0.2, 0.25) is 0 Å². The summed E-state index contributed by atoms with van der Waals surface area (Å²) < 4.78 is 9.09. The molecule has 2 aromatic heterocycles. The van der Waals surface area contributed by atoms with Gasteiger partial charge in [-0.1, -0.05) is 56.0 Å². The molecule has 0 fully saturated rings. The number of benzene rings is 2. The molecule has 0 aliphatic heterocycles. The number of hydrogen-bond donors (Lipinski definition) is 0. The van der Waals surface area contributed by atoms with E-state index in [-0.39, 0.29) is 0 Å². The van der Waals surface area contributed by atoms with E-state index in [2.05, 4.69) is 74.4 Å². The summed E-state index contributed by atoms with van der Waals surface area (Å²) >= 11 is 1.82. The Hall–Kier alpha value is -1.95. The summed E-state index contributed by atoms with van der Waals surface area (Å²) in [7, 11) is -1.05. The van der Waals surface area contributed by atoms with E-state index in [1.54, 1.807) is 0 Å². The van der Waals surface area contributed by atoms with Crippen molar-refractivity contribution in [3.8, 4) is 10.4 Å². The Bertz CT molecular complexity index is 1010. The summed E-state index contributed by atoms with van der Waals surface area (Å²) in [4.78, 5) is 1.27. The molecule has 2 heterocycles. The standard InChI is InChI=1S/C21H24N2OSSi/c1-26(2,3)12-11-24-15-23-14-17-8-6-9-18(21(17)22-23)20-13-16-7-4-5-10-19(16)25-20/h4-10,13-14H,11-12,15H2,1-3H3. The normalized spacial score (nSPS) is 12.3. The Kier molecular flexibility index (Phi) is 4.69. The van der Waals surface area contributed by atoms with E-state index in [1.807, 2.05) is 16.0 Å². The van der Waals surface area contributed by atoms with Gasteiger partial charge in [0.1, 0.15) is 12.2 Å². The third-order valence-corrected chi connectivity index (χ3v) is 7.35. The fraction of sp³-hybridized carbons (Fsp3) is 0.286. The predicted molar refractivity (Wildman–Crippen MR) is 115 cm³/mol. The van der Waals surface area contributed by atoms with Crippen LogP contribution < -0.4 is 0 Å². The average Bonchev–Trinajstić information content (AvgIpc) is 3.20. The minimum Gasteiger partial charge on any atom is -0.360 e.